The number of carboxylic acid groups (broad SMARTS) is 1. The van der Waals surface area contributed by atoms with E-state index in [1.807, 2.05) is 0 Å². The second-order valence-corrected chi connectivity index (χ2v) is 6.91. The van der Waals surface area contributed by atoms with Crippen LogP contribution in [0.15, 0.2) is 42.5 Å². The summed E-state index contributed by atoms with van der Waals surface area (Å²) in [7, 11) is 1.56. The third-order valence-electron chi connectivity index (χ3n) is 4.83. The fraction of sp³-hybridized carbons (Fsp3) is 0.333. The number of methoxy groups -OCH3 is 1. The second kappa shape index (κ2) is 8.12. The molecule has 0 unspecified atom stereocenters. The highest BCUT2D eigenvalue weighted by atomic mass is 16.5. The molecule has 1 aliphatic heterocycles. The van der Waals surface area contributed by atoms with E-state index in [-0.39, 0.29) is 11.5 Å². The van der Waals surface area contributed by atoms with Crippen molar-refractivity contribution in [3.8, 4) is 5.75 Å². The van der Waals surface area contributed by atoms with Gasteiger partial charge in [-0.25, -0.2) is 4.79 Å². The van der Waals surface area contributed by atoms with Crippen LogP contribution in [0, 0.1) is 5.92 Å². The van der Waals surface area contributed by atoms with Crippen LogP contribution >= 0.6 is 0 Å². The molecule has 6 nitrogen and oxygen atoms in total. The van der Waals surface area contributed by atoms with E-state index >= 15 is 0 Å². The molecule has 1 heterocycles. The van der Waals surface area contributed by atoms with Crippen LogP contribution in [0.3, 0.4) is 0 Å². The van der Waals surface area contributed by atoms with E-state index in [0.29, 0.717) is 28.6 Å². The predicted octanol–water partition coefficient (Wildman–Crippen LogP) is 3.88. The van der Waals surface area contributed by atoms with Gasteiger partial charge in [-0.3, -0.25) is 4.79 Å². The number of anilines is 2. The van der Waals surface area contributed by atoms with Crippen LogP contribution in [-0.4, -0.2) is 37.2 Å². The van der Waals surface area contributed by atoms with Gasteiger partial charge in [0.2, 0.25) is 0 Å². The van der Waals surface area contributed by atoms with Gasteiger partial charge >= 0.3 is 5.97 Å². The number of rotatable bonds is 5. The third-order valence-corrected chi connectivity index (χ3v) is 4.83. The summed E-state index contributed by atoms with van der Waals surface area (Å²) in [5.74, 6) is -0.0909. The SMILES string of the molecule is COc1ccc(C(=O)Nc2ccc(N3CCC[C@@H](C)C3)c(C(=O)O)c2)cc1. The zero-order chi connectivity index (χ0) is 19.4. The van der Waals surface area contributed by atoms with Crippen LogP contribution in [0.1, 0.15) is 40.5 Å². The molecule has 0 radical (unpaired) electrons. The zero-order valence-corrected chi connectivity index (χ0v) is 15.6. The molecule has 1 saturated heterocycles. The first-order valence-electron chi connectivity index (χ1n) is 9.05. The van der Waals surface area contributed by atoms with Crippen molar-refractivity contribution in [2.75, 3.05) is 30.4 Å². The summed E-state index contributed by atoms with van der Waals surface area (Å²) in [4.78, 5) is 26.3. The highest BCUT2D eigenvalue weighted by molar-refractivity contribution is 6.05. The Hall–Kier alpha value is -3.02. The Bertz CT molecular complexity index is 833. The monoisotopic (exact) mass is 368 g/mol. The molecule has 142 valence electrons. The number of benzene rings is 2. The Labute approximate surface area is 158 Å². The predicted molar refractivity (Wildman–Crippen MR) is 105 cm³/mol. The second-order valence-electron chi connectivity index (χ2n) is 6.91. The highest BCUT2D eigenvalue weighted by Gasteiger charge is 2.22. The average molecular weight is 368 g/mol. The molecular formula is C21H24N2O4. The quantitative estimate of drug-likeness (QED) is 0.837. The lowest BCUT2D eigenvalue weighted by Gasteiger charge is -2.33. The van der Waals surface area contributed by atoms with Gasteiger partial charge in [-0.15, -0.1) is 0 Å². The highest BCUT2D eigenvalue weighted by Crippen LogP contribution is 2.29. The molecule has 0 aliphatic carbocycles. The van der Waals surface area contributed by atoms with Gasteiger partial charge in [0.05, 0.1) is 18.4 Å². The van der Waals surface area contributed by atoms with Crippen molar-refractivity contribution < 1.29 is 19.4 Å². The zero-order valence-electron chi connectivity index (χ0n) is 15.6. The molecule has 0 saturated carbocycles. The Morgan fingerprint density at radius 1 is 1.19 bits per heavy atom. The topological polar surface area (TPSA) is 78.9 Å². The number of hydrogen-bond donors (Lipinski definition) is 2. The van der Waals surface area contributed by atoms with Crippen molar-refractivity contribution >= 4 is 23.3 Å². The summed E-state index contributed by atoms with van der Waals surface area (Å²) in [5.41, 5.74) is 1.84. The smallest absolute Gasteiger partial charge is 0.337 e. The van der Waals surface area contributed by atoms with Crippen LogP contribution in [0.2, 0.25) is 0 Å². The lowest BCUT2D eigenvalue weighted by Crippen LogP contribution is -2.35. The molecule has 1 fully saturated rings. The number of carbonyl (C=O) groups excluding carboxylic acids is 1. The first kappa shape index (κ1) is 18.8. The largest absolute Gasteiger partial charge is 0.497 e. The van der Waals surface area contributed by atoms with Crippen LogP contribution in [-0.2, 0) is 0 Å². The summed E-state index contributed by atoms with van der Waals surface area (Å²) < 4.78 is 5.09. The number of aromatic carboxylic acids is 1. The molecule has 2 N–H and O–H groups in total. The maximum atomic E-state index is 12.4. The Balaban J connectivity index is 1.80. The van der Waals surface area contributed by atoms with Gasteiger partial charge in [-0.1, -0.05) is 6.92 Å². The molecule has 27 heavy (non-hydrogen) atoms. The molecule has 1 amide bonds. The van der Waals surface area contributed by atoms with E-state index in [4.69, 9.17) is 4.74 Å². The lowest BCUT2D eigenvalue weighted by atomic mass is 9.98. The van der Waals surface area contributed by atoms with Gasteiger partial charge in [0.15, 0.2) is 0 Å². The van der Waals surface area contributed by atoms with Crippen molar-refractivity contribution in [2.24, 2.45) is 5.92 Å². The maximum absolute atomic E-state index is 12.4. The fourth-order valence-corrected chi connectivity index (χ4v) is 3.41. The molecule has 2 aromatic carbocycles. The van der Waals surface area contributed by atoms with Gasteiger partial charge < -0.3 is 20.1 Å². The van der Waals surface area contributed by atoms with E-state index in [0.717, 1.165) is 25.9 Å². The number of carboxylic acids is 1. The minimum Gasteiger partial charge on any atom is -0.497 e. The Kier molecular flexibility index (Phi) is 5.64. The first-order valence-corrected chi connectivity index (χ1v) is 9.05. The third kappa shape index (κ3) is 4.39. The van der Waals surface area contributed by atoms with Gasteiger partial charge in [0.1, 0.15) is 5.75 Å². The summed E-state index contributed by atoms with van der Waals surface area (Å²) in [6, 6.07) is 11.8. The molecular weight excluding hydrogens is 344 g/mol. The van der Waals surface area contributed by atoms with Crippen molar-refractivity contribution in [2.45, 2.75) is 19.8 Å². The molecule has 3 rings (SSSR count). The lowest BCUT2D eigenvalue weighted by molar-refractivity contribution is 0.0697. The number of carbonyl (C=O) groups is 2. The maximum Gasteiger partial charge on any atom is 0.337 e. The summed E-state index contributed by atoms with van der Waals surface area (Å²) >= 11 is 0. The van der Waals surface area contributed by atoms with Crippen LogP contribution < -0.4 is 15.0 Å². The van der Waals surface area contributed by atoms with Crippen LogP contribution in [0.5, 0.6) is 5.75 Å². The number of nitrogens with zero attached hydrogens (tertiary/aromatic N) is 1. The molecule has 1 aliphatic rings. The Morgan fingerprint density at radius 2 is 1.93 bits per heavy atom. The van der Waals surface area contributed by atoms with E-state index < -0.39 is 5.97 Å². The van der Waals surface area contributed by atoms with Gasteiger partial charge in [-0.05, 0) is 61.2 Å². The summed E-state index contributed by atoms with van der Waals surface area (Å²) in [5, 5.41) is 12.4. The van der Waals surface area contributed by atoms with Gasteiger partial charge in [0, 0.05) is 24.3 Å². The summed E-state index contributed by atoms with van der Waals surface area (Å²) in [6.45, 7) is 3.87. The minimum atomic E-state index is -0.997. The average Bonchev–Trinajstić information content (AvgIpc) is 2.68. The Morgan fingerprint density at radius 3 is 2.56 bits per heavy atom. The number of hydrogen-bond acceptors (Lipinski definition) is 4. The number of piperidine rings is 1. The van der Waals surface area contributed by atoms with Gasteiger partial charge in [0.25, 0.3) is 5.91 Å². The molecule has 0 spiro atoms. The van der Waals surface area contributed by atoms with Crippen molar-refractivity contribution in [3.05, 3.63) is 53.6 Å². The van der Waals surface area contributed by atoms with Crippen molar-refractivity contribution in [1.82, 2.24) is 0 Å². The van der Waals surface area contributed by atoms with E-state index in [2.05, 4.69) is 17.1 Å². The number of ether oxygens (including phenoxy) is 1. The number of amides is 1. The normalized spacial score (nSPS) is 16.7. The number of nitrogens with one attached hydrogen (secondary N) is 1. The summed E-state index contributed by atoms with van der Waals surface area (Å²) in [6.07, 6.45) is 2.21. The first-order chi connectivity index (χ1) is 13.0. The molecule has 2 aromatic rings. The van der Waals surface area contributed by atoms with Crippen molar-refractivity contribution in [3.63, 3.8) is 0 Å². The molecule has 6 heteroatoms. The van der Waals surface area contributed by atoms with E-state index in [1.165, 1.54) is 6.07 Å². The molecule has 0 aromatic heterocycles. The molecule has 1 atom stereocenters. The molecule has 0 bridgehead atoms. The minimum absolute atomic E-state index is 0.205. The van der Waals surface area contributed by atoms with Crippen LogP contribution in [0.4, 0.5) is 11.4 Å². The van der Waals surface area contributed by atoms with Crippen molar-refractivity contribution in [1.29, 1.82) is 0 Å². The van der Waals surface area contributed by atoms with E-state index in [1.54, 1.807) is 43.5 Å². The van der Waals surface area contributed by atoms with E-state index in [9.17, 15) is 14.7 Å². The standard InChI is InChI=1S/C21H24N2O4/c1-14-4-3-11-23(13-14)19-10-7-16(12-18(19)21(25)26)22-20(24)15-5-8-17(27-2)9-6-15/h5-10,12,14H,3-4,11,13H2,1-2H3,(H,22,24)(H,25,26)/t14-/m1/s1. The van der Waals surface area contributed by atoms with Crippen LogP contribution in [0.25, 0.3) is 0 Å². The fourth-order valence-electron chi connectivity index (χ4n) is 3.41. The van der Waals surface area contributed by atoms with Gasteiger partial charge in [-0.2, -0.15) is 0 Å².